The zero-order chi connectivity index (χ0) is 22.2. The second-order valence-electron chi connectivity index (χ2n) is 8.09. The molecule has 156 valence electrons. The van der Waals surface area contributed by atoms with Crippen LogP contribution in [0, 0.1) is 6.92 Å². The van der Waals surface area contributed by atoms with Crippen LogP contribution >= 0.6 is 0 Å². The van der Waals surface area contributed by atoms with E-state index in [1.165, 1.54) is 0 Å². The lowest BCUT2D eigenvalue weighted by atomic mass is 9.73. The maximum absolute atomic E-state index is 13.6. The molecule has 1 aliphatic carbocycles. The third-order valence-corrected chi connectivity index (χ3v) is 5.91. The average Bonchev–Trinajstić information content (AvgIpc) is 2.98. The number of aryl methyl sites for hydroxylation is 1. The molecule has 3 aromatic rings. The van der Waals surface area contributed by atoms with Crippen LogP contribution in [0.25, 0.3) is 0 Å². The van der Waals surface area contributed by atoms with Crippen molar-refractivity contribution in [1.29, 1.82) is 0 Å². The molecule has 0 aromatic heterocycles. The van der Waals surface area contributed by atoms with E-state index in [1.54, 1.807) is 42.5 Å². The van der Waals surface area contributed by atoms with E-state index in [9.17, 15) is 14.4 Å². The van der Waals surface area contributed by atoms with Crippen LogP contribution in [-0.2, 0) is 10.2 Å². The van der Waals surface area contributed by atoms with Gasteiger partial charge in [-0.2, -0.15) is 0 Å². The van der Waals surface area contributed by atoms with E-state index in [1.807, 2.05) is 56.3 Å². The fraction of sp³-hybridized carbons (Fsp3) is 0.192. The molecular formula is C26H24N2O3. The lowest BCUT2D eigenvalue weighted by molar-refractivity contribution is -0.116. The molecule has 0 atom stereocenters. The van der Waals surface area contributed by atoms with Gasteiger partial charge < -0.3 is 10.2 Å². The quantitative estimate of drug-likeness (QED) is 0.631. The number of amides is 1. The average molecular weight is 412 g/mol. The molecule has 5 nitrogen and oxygen atoms in total. The topological polar surface area (TPSA) is 66.5 Å². The molecule has 3 aromatic carbocycles. The largest absolute Gasteiger partial charge is 0.378 e. The number of carbonyl (C=O) groups is 3. The van der Waals surface area contributed by atoms with Gasteiger partial charge in [-0.25, -0.2) is 0 Å². The third-order valence-electron chi connectivity index (χ3n) is 5.91. The second-order valence-corrected chi connectivity index (χ2v) is 8.09. The van der Waals surface area contributed by atoms with E-state index in [-0.39, 0.29) is 23.9 Å². The number of fused-ring (bicyclic) bond motifs is 1. The fourth-order valence-corrected chi connectivity index (χ4v) is 4.16. The Balaban J connectivity index is 1.77. The van der Waals surface area contributed by atoms with E-state index in [0.717, 1.165) is 11.3 Å². The van der Waals surface area contributed by atoms with Crippen molar-refractivity contribution in [3.8, 4) is 0 Å². The number of carbonyl (C=O) groups excluding carboxylic acids is 3. The van der Waals surface area contributed by atoms with Crippen LogP contribution in [0.2, 0.25) is 0 Å². The highest BCUT2D eigenvalue weighted by Crippen LogP contribution is 2.43. The molecule has 1 amide bonds. The molecule has 0 saturated heterocycles. The lowest BCUT2D eigenvalue weighted by Crippen LogP contribution is -2.42. The number of para-hydroxylation sites is 1. The molecule has 1 aliphatic rings. The van der Waals surface area contributed by atoms with Crippen LogP contribution in [0.4, 0.5) is 11.4 Å². The van der Waals surface area contributed by atoms with Gasteiger partial charge >= 0.3 is 0 Å². The minimum Gasteiger partial charge on any atom is -0.378 e. The molecule has 0 fully saturated rings. The maximum atomic E-state index is 13.6. The summed E-state index contributed by atoms with van der Waals surface area (Å²) in [5.41, 5.74) is 2.22. The van der Waals surface area contributed by atoms with Crippen LogP contribution in [-0.4, -0.2) is 31.6 Å². The predicted molar refractivity (Wildman–Crippen MR) is 122 cm³/mol. The summed E-state index contributed by atoms with van der Waals surface area (Å²) in [6, 6.07) is 21.5. The number of nitrogens with zero attached hydrogens (tertiary/aromatic N) is 1. The summed E-state index contributed by atoms with van der Waals surface area (Å²) in [4.78, 5) is 42.2. The monoisotopic (exact) mass is 412 g/mol. The summed E-state index contributed by atoms with van der Waals surface area (Å²) >= 11 is 0. The highest BCUT2D eigenvalue weighted by molar-refractivity contribution is 6.34. The van der Waals surface area contributed by atoms with Gasteiger partial charge in [-0.05, 0) is 36.2 Å². The van der Waals surface area contributed by atoms with Crippen molar-refractivity contribution in [2.24, 2.45) is 0 Å². The molecule has 5 heteroatoms. The third kappa shape index (κ3) is 3.42. The van der Waals surface area contributed by atoms with Crippen molar-refractivity contribution in [3.05, 3.63) is 95.1 Å². The molecular weight excluding hydrogens is 388 g/mol. The van der Waals surface area contributed by atoms with Crippen molar-refractivity contribution >= 4 is 28.8 Å². The van der Waals surface area contributed by atoms with Crippen LogP contribution < -0.4 is 10.2 Å². The Kier molecular flexibility index (Phi) is 5.19. The molecule has 0 bridgehead atoms. The van der Waals surface area contributed by atoms with Crippen LogP contribution in [0.3, 0.4) is 0 Å². The van der Waals surface area contributed by atoms with Crippen LogP contribution in [0.15, 0.2) is 72.8 Å². The molecule has 0 radical (unpaired) electrons. The van der Waals surface area contributed by atoms with E-state index in [4.69, 9.17) is 0 Å². The summed E-state index contributed by atoms with van der Waals surface area (Å²) in [6.45, 7) is 1.90. The highest BCUT2D eigenvalue weighted by Gasteiger charge is 2.55. The Morgan fingerprint density at radius 3 is 1.94 bits per heavy atom. The van der Waals surface area contributed by atoms with Crippen molar-refractivity contribution in [2.45, 2.75) is 18.8 Å². The van der Waals surface area contributed by atoms with E-state index >= 15 is 0 Å². The van der Waals surface area contributed by atoms with E-state index in [0.29, 0.717) is 22.4 Å². The standard InChI is InChI=1S/C26H24N2O3/c1-17-8-4-7-11-22(17)27-23(29)16-26(18-12-14-19(15-13-18)28(2)3)24(30)20-9-5-6-10-21(20)25(26)31/h4-15H,16H2,1-3H3,(H,27,29). The molecule has 1 N–H and O–H groups in total. The molecule has 0 aliphatic heterocycles. The van der Waals surface area contributed by atoms with Gasteiger partial charge in [-0.15, -0.1) is 0 Å². The molecule has 4 rings (SSSR count). The summed E-state index contributed by atoms with van der Waals surface area (Å²) in [7, 11) is 3.84. The van der Waals surface area contributed by atoms with Crippen molar-refractivity contribution < 1.29 is 14.4 Å². The Morgan fingerprint density at radius 2 is 1.39 bits per heavy atom. The minimum absolute atomic E-state index is 0.255. The molecule has 0 unspecified atom stereocenters. The van der Waals surface area contributed by atoms with Crippen LogP contribution in [0.5, 0.6) is 0 Å². The lowest BCUT2D eigenvalue weighted by Gasteiger charge is -2.27. The van der Waals surface area contributed by atoms with E-state index < -0.39 is 5.41 Å². The Morgan fingerprint density at radius 1 is 0.839 bits per heavy atom. The van der Waals surface area contributed by atoms with Gasteiger partial charge in [0, 0.05) is 36.6 Å². The van der Waals surface area contributed by atoms with Gasteiger partial charge in [0.2, 0.25) is 5.91 Å². The first-order valence-electron chi connectivity index (χ1n) is 10.2. The molecule has 0 heterocycles. The molecule has 0 saturated carbocycles. The van der Waals surface area contributed by atoms with Crippen molar-refractivity contribution in [1.82, 2.24) is 0 Å². The summed E-state index contributed by atoms with van der Waals surface area (Å²) in [5.74, 6) is -1.03. The van der Waals surface area contributed by atoms with Crippen molar-refractivity contribution in [3.63, 3.8) is 0 Å². The van der Waals surface area contributed by atoms with Gasteiger partial charge in [0.15, 0.2) is 11.6 Å². The first-order chi connectivity index (χ1) is 14.8. The number of anilines is 2. The smallest absolute Gasteiger partial charge is 0.226 e. The predicted octanol–water partition coefficient (Wildman–Crippen LogP) is 4.41. The Hall–Kier alpha value is -3.73. The number of hydrogen-bond acceptors (Lipinski definition) is 4. The molecule has 0 spiro atoms. The second kappa shape index (κ2) is 7.84. The number of ketones is 2. The molecule has 31 heavy (non-hydrogen) atoms. The number of benzene rings is 3. The summed E-state index contributed by atoms with van der Waals surface area (Å²) in [6.07, 6.45) is -0.255. The number of nitrogens with one attached hydrogen (secondary N) is 1. The van der Waals surface area contributed by atoms with E-state index in [2.05, 4.69) is 5.32 Å². The van der Waals surface area contributed by atoms with Crippen LogP contribution in [0.1, 0.15) is 38.3 Å². The zero-order valence-corrected chi connectivity index (χ0v) is 17.8. The normalized spacial score (nSPS) is 14.3. The van der Waals surface area contributed by atoms with Gasteiger partial charge in [-0.1, -0.05) is 54.6 Å². The highest BCUT2D eigenvalue weighted by atomic mass is 16.2. The number of rotatable bonds is 5. The number of hydrogen-bond donors (Lipinski definition) is 1. The first kappa shape index (κ1) is 20.5. The van der Waals surface area contributed by atoms with Gasteiger partial charge in [0.25, 0.3) is 0 Å². The minimum atomic E-state index is -1.57. The van der Waals surface area contributed by atoms with Gasteiger partial charge in [0.1, 0.15) is 5.41 Å². The first-order valence-corrected chi connectivity index (χ1v) is 10.2. The fourth-order valence-electron chi connectivity index (χ4n) is 4.16. The Labute approximate surface area is 181 Å². The maximum Gasteiger partial charge on any atom is 0.226 e. The Bertz CT molecular complexity index is 1140. The summed E-state index contributed by atoms with van der Waals surface area (Å²) < 4.78 is 0. The summed E-state index contributed by atoms with van der Waals surface area (Å²) in [5, 5.41) is 2.88. The number of Topliss-reactive ketones (excluding diaryl/α,β-unsaturated/α-hetero) is 2. The zero-order valence-electron chi connectivity index (χ0n) is 17.8. The van der Waals surface area contributed by atoms with Gasteiger partial charge in [0.05, 0.1) is 6.42 Å². The van der Waals surface area contributed by atoms with Gasteiger partial charge in [-0.3, -0.25) is 14.4 Å². The van der Waals surface area contributed by atoms with Crippen molar-refractivity contribution in [2.75, 3.05) is 24.3 Å². The SMILES string of the molecule is Cc1ccccc1NC(=O)CC1(c2ccc(N(C)C)cc2)C(=O)c2ccccc2C1=O.